The van der Waals surface area contributed by atoms with Gasteiger partial charge in [-0.3, -0.25) is 4.79 Å². The van der Waals surface area contributed by atoms with Crippen molar-refractivity contribution in [2.75, 3.05) is 19.7 Å². The van der Waals surface area contributed by atoms with Crippen LogP contribution in [0.1, 0.15) is 53.2 Å². The summed E-state index contributed by atoms with van der Waals surface area (Å²) in [5, 5.41) is 9.09. The van der Waals surface area contributed by atoms with Gasteiger partial charge in [-0.15, -0.1) is 21.5 Å². The van der Waals surface area contributed by atoms with Crippen molar-refractivity contribution in [2.24, 2.45) is 0 Å². The van der Waals surface area contributed by atoms with Crippen LogP contribution < -0.4 is 0 Å². The summed E-state index contributed by atoms with van der Waals surface area (Å²) in [6, 6.07) is 0. The molecule has 24 heavy (non-hydrogen) atoms. The molecule has 0 aromatic carbocycles. The van der Waals surface area contributed by atoms with Gasteiger partial charge in [0, 0.05) is 17.3 Å². The van der Waals surface area contributed by atoms with Gasteiger partial charge in [0.15, 0.2) is 6.10 Å². The molecule has 1 fully saturated rings. The fourth-order valence-corrected chi connectivity index (χ4v) is 3.46. The zero-order valence-electron chi connectivity index (χ0n) is 14.4. The summed E-state index contributed by atoms with van der Waals surface area (Å²) < 4.78 is 11.4. The van der Waals surface area contributed by atoms with E-state index in [1.165, 1.54) is 0 Å². The molecule has 2 aromatic rings. The summed E-state index contributed by atoms with van der Waals surface area (Å²) in [5.74, 6) is 1.26. The first-order valence-electron chi connectivity index (χ1n) is 8.09. The van der Waals surface area contributed by atoms with Gasteiger partial charge < -0.3 is 14.1 Å². The number of rotatable bonds is 4. The van der Waals surface area contributed by atoms with E-state index in [-0.39, 0.29) is 17.9 Å². The maximum atomic E-state index is 12.6. The summed E-state index contributed by atoms with van der Waals surface area (Å²) >= 11 is 1.62. The lowest BCUT2D eigenvalue weighted by Crippen LogP contribution is -2.43. The van der Waals surface area contributed by atoms with E-state index in [2.05, 4.69) is 15.2 Å². The summed E-state index contributed by atoms with van der Waals surface area (Å²) in [5.41, 5.74) is 0.866. The highest BCUT2D eigenvalue weighted by Gasteiger charge is 2.30. The number of morpholine rings is 1. The highest BCUT2D eigenvalue weighted by atomic mass is 32.1. The molecule has 1 amide bonds. The molecule has 0 saturated carbocycles. The molecule has 130 valence electrons. The summed E-state index contributed by atoms with van der Waals surface area (Å²) in [6.45, 7) is 9.41. The first-order chi connectivity index (χ1) is 11.4. The van der Waals surface area contributed by atoms with E-state index >= 15 is 0 Å². The monoisotopic (exact) mass is 350 g/mol. The number of carbonyl (C=O) groups excluding carboxylic acids is 1. The van der Waals surface area contributed by atoms with E-state index in [9.17, 15) is 4.79 Å². The van der Waals surface area contributed by atoms with Crippen LogP contribution in [0.2, 0.25) is 0 Å². The fraction of sp³-hybridized carbons (Fsp3) is 0.625. The maximum absolute atomic E-state index is 12.6. The van der Waals surface area contributed by atoms with Crippen molar-refractivity contribution in [2.45, 2.75) is 46.1 Å². The van der Waals surface area contributed by atoms with Gasteiger partial charge in [0.1, 0.15) is 0 Å². The quantitative estimate of drug-likeness (QED) is 0.842. The van der Waals surface area contributed by atoms with Crippen molar-refractivity contribution in [3.8, 4) is 0 Å². The Morgan fingerprint density at radius 2 is 2.17 bits per heavy atom. The van der Waals surface area contributed by atoms with Gasteiger partial charge in [0.2, 0.25) is 17.7 Å². The molecule has 1 aliphatic rings. The van der Waals surface area contributed by atoms with Crippen LogP contribution in [0, 0.1) is 13.8 Å². The molecule has 3 heterocycles. The van der Waals surface area contributed by atoms with E-state index in [0.29, 0.717) is 37.9 Å². The number of hydrogen-bond acceptors (Lipinski definition) is 7. The van der Waals surface area contributed by atoms with Gasteiger partial charge >= 0.3 is 0 Å². The van der Waals surface area contributed by atoms with Crippen molar-refractivity contribution in [1.29, 1.82) is 0 Å². The predicted octanol–water partition coefficient (Wildman–Crippen LogP) is 2.41. The van der Waals surface area contributed by atoms with Crippen molar-refractivity contribution in [3.05, 3.63) is 27.4 Å². The second-order valence-corrected chi connectivity index (χ2v) is 7.65. The zero-order chi connectivity index (χ0) is 17.3. The second-order valence-electron chi connectivity index (χ2n) is 6.24. The summed E-state index contributed by atoms with van der Waals surface area (Å²) in [6.07, 6.45) is -0.0368. The molecule has 0 bridgehead atoms. The van der Waals surface area contributed by atoms with Crippen molar-refractivity contribution in [1.82, 2.24) is 20.1 Å². The molecule has 1 aliphatic heterocycles. The fourth-order valence-electron chi connectivity index (χ4n) is 2.63. The van der Waals surface area contributed by atoms with Crippen LogP contribution in [-0.4, -0.2) is 45.7 Å². The molecule has 0 aliphatic carbocycles. The van der Waals surface area contributed by atoms with Crippen LogP contribution >= 0.6 is 11.3 Å². The van der Waals surface area contributed by atoms with Gasteiger partial charge in [0.05, 0.1) is 30.3 Å². The molecular formula is C16H22N4O3S. The average molecular weight is 350 g/mol. The number of carbonyl (C=O) groups is 1. The Bertz CT molecular complexity index is 725. The maximum Gasteiger partial charge on any atom is 0.247 e. The van der Waals surface area contributed by atoms with Gasteiger partial charge in [0.25, 0.3) is 0 Å². The Balaban J connectivity index is 1.66. The number of aryl methyl sites for hydroxylation is 2. The first kappa shape index (κ1) is 17.0. The van der Waals surface area contributed by atoms with Gasteiger partial charge in [-0.1, -0.05) is 13.8 Å². The SMILES string of the molecule is Cc1nc(CC(=O)N2CCO[C@@H](c3nnc(C(C)C)o3)C2)c(C)s1. The second kappa shape index (κ2) is 6.98. The van der Waals surface area contributed by atoms with Crippen LogP contribution in [0.25, 0.3) is 0 Å². The minimum atomic E-state index is -0.360. The van der Waals surface area contributed by atoms with Crippen LogP contribution in [0.5, 0.6) is 0 Å². The Morgan fingerprint density at radius 3 is 2.79 bits per heavy atom. The predicted molar refractivity (Wildman–Crippen MR) is 89.0 cm³/mol. The highest BCUT2D eigenvalue weighted by molar-refractivity contribution is 7.11. The smallest absolute Gasteiger partial charge is 0.247 e. The van der Waals surface area contributed by atoms with Crippen molar-refractivity contribution < 1.29 is 13.9 Å². The third-order valence-electron chi connectivity index (χ3n) is 3.96. The Morgan fingerprint density at radius 1 is 1.38 bits per heavy atom. The third-order valence-corrected chi connectivity index (χ3v) is 4.89. The molecule has 2 aromatic heterocycles. The molecule has 1 saturated heterocycles. The Hall–Kier alpha value is -1.80. The summed E-state index contributed by atoms with van der Waals surface area (Å²) in [4.78, 5) is 19.9. The minimum Gasteiger partial charge on any atom is -0.422 e. The minimum absolute atomic E-state index is 0.0558. The topological polar surface area (TPSA) is 81.4 Å². The molecule has 0 N–H and O–H groups in total. The number of hydrogen-bond donors (Lipinski definition) is 0. The molecule has 0 spiro atoms. The number of ether oxygens (including phenoxy) is 1. The lowest BCUT2D eigenvalue weighted by molar-refractivity contribution is -0.139. The lowest BCUT2D eigenvalue weighted by atomic mass is 10.2. The first-order valence-corrected chi connectivity index (χ1v) is 8.91. The van der Waals surface area contributed by atoms with E-state index in [0.717, 1.165) is 15.6 Å². The number of amides is 1. The molecule has 0 unspecified atom stereocenters. The zero-order valence-corrected chi connectivity index (χ0v) is 15.2. The van der Waals surface area contributed by atoms with Crippen molar-refractivity contribution in [3.63, 3.8) is 0 Å². The van der Waals surface area contributed by atoms with E-state index in [1.807, 2.05) is 27.7 Å². The summed E-state index contributed by atoms with van der Waals surface area (Å²) in [7, 11) is 0. The normalized spacial score (nSPS) is 18.4. The molecule has 3 rings (SSSR count). The van der Waals surface area contributed by atoms with Gasteiger partial charge in [-0.2, -0.15) is 0 Å². The number of aromatic nitrogens is 3. The van der Waals surface area contributed by atoms with Crippen molar-refractivity contribution >= 4 is 17.2 Å². The van der Waals surface area contributed by atoms with Crippen LogP contribution in [0.3, 0.4) is 0 Å². The molecule has 8 heteroatoms. The molecular weight excluding hydrogens is 328 g/mol. The van der Waals surface area contributed by atoms with Gasteiger partial charge in [-0.25, -0.2) is 4.98 Å². The van der Waals surface area contributed by atoms with Crippen LogP contribution in [0.4, 0.5) is 0 Å². The van der Waals surface area contributed by atoms with E-state index < -0.39 is 0 Å². The van der Waals surface area contributed by atoms with Gasteiger partial charge in [-0.05, 0) is 13.8 Å². The van der Waals surface area contributed by atoms with E-state index in [4.69, 9.17) is 9.15 Å². The number of thiazole rings is 1. The third kappa shape index (κ3) is 3.64. The van der Waals surface area contributed by atoms with Crippen LogP contribution in [0.15, 0.2) is 4.42 Å². The standard InChI is InChI=1S/C16H22N4O3S/c1-9(2)15-18-19-16(23-15)13-8-20(5-6-22-13)14(21)7-12-10(3)24-11(4)17-12/h9,13H,5-8H2,1-4H3/t13-/m1/s1. The molecule has 0 radical (unpaired) electrons. The Kier molecular flexibility index (Phi) is 4.96. The highest BCUT2D eigenvalue weighted by Crippen LogP contribution is 2.24. The van der Waals surface area contributed by atoms with Crippen LogP contribution in [-0.2, 0) is 16.0 Å². The number of nitrogens with zero attached hydrogens (tertiary/aromatic N) is 4. The average Bonchev–Trinajstić information content (AvgIpc) is 3.15. The lowest BCUT2D eigenvalue weighted by Gasteiger charge is -2.31. The largest absolute Gasteiger partial charge is 0.422 e. The molecule has 7 nitrogen and oxygen atoms in total. The Labute approximate surface area is 145 Å². The van der Waals surface area contributed by atoms with E-state index in [1.54, 1.807) is 16.2 Å². The molecule has 1 atom stereocenters.